The fourth-order valence-electron chi connectivity index (χ4n) is 9.69. The summed E-state index contributed by atoms with van der Waals surface area (Å²) in [5.74, 6) is 3.52. The van der Waals surface area contributed by atoms with Gasteiger partial charge in [0.2, 0.25) is 0 Å². The van der Waals surface area contributed by atoms with Crippen LogP contribution in [0.15, 0.2) is 22.8 Å². The molecule has 0 bridgehead atoms. The average molecular weight is 425 g/mol. The Morgan fingerprint density at radius 1 is 1.03 bits per heavy atom. The van der Waals surface area contributed by atoms with Crippen molar-refractivity contribution in [1.29, 1.82) is 0 Å². The van der Waals surface area contributed by atoms with Gasteiger partial charge >= 0.3 is 0 Å². The lowest BCUT2D eigenvalue weighted by Gasteiger charge is -2.70. The number of ketones is 1. The molecule has 4 aliphatic carbocycles. The maximum atomic E-state index is 12.4. The van der Waals surface area contributed by atoms with Crippen molar-refractivity contribution in [3.8, 4) is 0 Å². The SMILES string of the molecule is CC(C)=CCC/C(C)=C1/CC[C@@]2(C)C1CC[C@]1(C(C)C)C2CCC2CC(=O)CC[C@@]21C. The summed E-state index contributed by atoms with van der Waals surface area (Å²) in [5.41, 5.74) is 6.24. The lowest BCUT2D eigenvalue weighted by atomic mass is 9.34. The maximum Gasteiger partial charge on any atom is 0.133 e. The zero-order valence-electron chi connectivity index (χ0n) is 21.6. The van der Waals surface area contributed by atoms with E-state index in [1.54, 1.807) is 5.57 Å². The summed E-state index contributed by atoms with van der Waals surface area (Å²) in [6.45, 7) is 17.2. The number of Topliss-reactive ketones (excluding diaryl/α,β-unsaturated/α-hetero) is 1. The molecule has 4 saturated carbocycles. The first kappa shape index (κ1) is 23.3. The smallest absolute Gasteiger partial charge is 0.133 e. The van der Waals surface area contributed by atoms with Crippen molar-refractivity contribution >= 4 is 5.78 Å². The Kier molecular flexibility index (Phi) is 6.15. The molecule has 0 radical (unpaired) electrons. The number of allylic oxidation sites excluding steroid dienone is 4. The lowest BCUT2D eigenvalue weighted by Crippen LogP contribution is -2.63. The van der Waals surface area contributed by atoms with Crippen molar-refractivity contribution in [2.24, 2.45) is 39.9 Å². The van der Waals surface area contributed by atoms with Crippen LogP contribution in [-0.2, 0) is 4.79 Å². The van der Waals surface area contributed by atoms with E-state index < -0.39 is 0 Å². The molecule has 1 nitrogen and oxygen atoms in total. The van der Waals surface area contributed by atoms with E-state index in [2.05, 4.69) is 54.5 Å². The predicted molar refractivity (Wildman–Crippen MR) is 132 cm³/mol. The number of rotatable bonds is 4. The monoisotopic (exact) mass is 424 g/mol. The molecule has 3 unspecified atom stereocenters. The van der Waals surface area contributed by atoms with E-state index in [1.165, 1.54) is 56.9 Å². The van der Waals surface area contributed by atoms with Gasteiger partial charge in [0.15, 0.2) is 0 Å². The van der Waals surface area contributed by atoms with Crippen LogP contribution < -0.4 is 0 Å². The van der Waals surface area contributed by atoms with E-state index in [0.29, 0.717) is 33.9 Å². The van der Waals surface area contributed by atoms with Gasteiger partial charge in [-0.05, 0) is 118 Å². The summed E-state index contributed by atoms with van der Waals surface area (Å²) in [4.78, 5) is 12.4. The highest BCUT2D eigenvalue weighted by atomic mass is 16.1. The third kappa shape index (κ3) is 3.43. The summed E-state index contributed by atoms with van der Waals surface area (Å²) in [6.07, 6.45) is 15.9. The Balaban J connectivity index is 1.68. The molecular formula is C30H48O. The minimum Gasteiger partial charge on any atom is -0.300 e. The van der Waals surface area contributed by atoms with Gasteiger partial charge in [0.05, 0.1) is 0 Å². The number of hydrogen-bond acceptors (Lipinski definition) is 1. The predicted octanol–water partition coefficient (Wildman–Crippen LogP) is 8.69. The molecule has 174 valence electrons. The highest BCUT2D eigenvalue weighted by Gasteiger charge is 2.68. The molecule has 0 spiro atoms. The Bertz CT molecular complexity index is 780. The standard InChI is InChI=1S/C30H48O/c1-20(2)9-8-10-22(5)25-14-16-28(6)26(25)15-18-30(21(3)4)27(28)12-11-23-19-24(31)13-17-29(23,30)7/h9,21,23,26-27H,8,10-19H2,1-7H3/b25-22-/t23?,26?,27?,28-,29-,30-/m0/s1. The summed E-state index contributed by atoms with van der Waals surface area (Å²) in [6, 6.07) is 0. The second-order valence-electron chi connectivity index (χ2n) is 12.9. The molecule has 0 aromatic heterocycles. The highest BCUT2D eigenvalue weighted by molar-refractivity contribution is 5.79. The van der Waals surface area contributed by atoms with Crippen LogP contribution in [0.5, 0.6) is 0 Å². The molecule has 0 saturated heterocycles. The Hall–Kier alpha value is -0.850. The van der Waals surface area contributed by atoms with Gasteiger partial charge in [-0.2, -0.15) is 0 Å². The second-order valence-corrected chi connectivity index (χ2v) is 12.9. The number of fused-ring (bicyclic) bond motifs is 5. The van der Waals surface area contributed by atoms with Crippen LogP contribution in [-0.4, -0.2) is 5.78 Å². The minimum atomic E-state index is 0.358. The zero-order valence-corrected chi connectivity index (χ0v) is 21.6. The fourth-order valence-corrected chi connectivity index (χ4v) is 9.69. The molecule has 31 heavy (non-hydrogen) atoms. The summed E-state index contributed by atoms with van der Waals surface area (Å²) >= 11 is 0. The van der Waals surface area contributed by atoms with Crippen molar-refractivity contribution in [3.63, 3.8) is 0 Å². The first-order valence-corrected chi connectivity index (χ1v) is 13.4. The van der Waals surface area contributed by atoms with E-state index in [1.807, 2.05) is 5.57 Å². The van der Waals surface area contributed by atoms with Gasteiger partial charge in [-0.15, -0.1) is 0 Å². The van der Waals surface area contributed by atoms with Gasteiger partial charge in [-0.25, -0.2) is 0 Å². The Morgan fingerprint density at radius 3 is 2.45 bits per heavy atom. The molecule has 4 fully saturated rings. The van der Waals surface area contributed by atoms with E-state index in [0.717, 1.165) is 31.1 Å². The molecule has 4 aliphatic rings. The average Bonchev–Trinajstić information content (AvgIpc) is 3.05. The van der Waals surface area contributed by atoms with Crippen molar-refractivity contribution in [2.75, 3.05) is 0 Å². The van der Waals surface area contributed by atoms with E-state index in [4.69, 9.17) is 0 Å². The minimum absolute atomic E-state index is 0.358. The largest absolute Gasteiger partial charge is 0.300 e. The number of carbonyl (C=O) groups excluding carboxylic acids is 1. The van der Waals surface area contributed by atoms with Crippen molar-refractivity contribution in [2.45, 2.75) is 119 Å². The Morgan fingerprint density at radius 2 is 1.77 bits per heavy atom. The lowest BCUT2D eigenvalue weighted by molar-refractivity contribution is -0.209. The number of carbonyl (C=O) groups is 1. The topological polar surface area (TPSA) is 17.1 Å². The van der Waals surface area contributed by atoms with Gasteiger partial charge in [-0.3, -0.25) is 4.79 Å². The first-order chi connectivity index (χ1) is 14.6. The molecule has 0 aromatic rings. The van der Waals surface area contributed by atoms with Crippen molar-refractivity contribution < 1.29 is 4.79 Å². The van der Waals surface area contributed by atoms with Crippen LogP contribution in [0, 0.1) is 39.9 Å². The second kappa shape index (κ2) is 8.18. The van der Waals surface area contributed by atoms with Crippen LogP contribution in [0.2, 0.25) is 0 Å². The van der Waals surface area contributed by atoms with Crippen LogP contribution >= 0.6 is 0 Å². The summed E-state index contributed by atoms with van der Waals surface area (Å²) in [7, 11) is 0. The number of hydrogen-bond donors (Lipinski definition) is 0. The van der Waals surface area contributed by atoms with Gasteiger partial charge < -0.3 is 0 Å². The molecule has 4 rings (SSSR count). The Labute approximate surface area is 192 Å². The molecule has 6 atom stereocenters. The van der Waals surface area contributed by atoms with E-state index in [9.17, 15) is 4.79 Å². The summed E-state index contributed by atoms with van der Waals surface area (Å²) in [5, 5.41) is 0. The molecule has 0 N–H and O–H groups in total. The van der Waals surface area contributed by atoms with Crippen LogP contribution in [0.3, 0.4) is 0 Å². The molecular weight excluding hydrogens is 376 g/mol. The summed E-state index contributed by atoms with van der Waals surface area (Å²) < 4.78 is 0. The van der Waals surface area contributed by atoms with Gasteiger partial charge in [0.25, 0.3) is 0 Å². The van der Waals surface area contributed by atoms with E-state index >= 15 is 0 Å². The van der Waals surface area contributed by atoms with Crippen LogP contribution in [0.1, 0.15) is 119 Å². The molecule has 0 heterocycles. The van der Waals surface area contributed by atoms with Crippen molar-refractivity contribution in [1.82, 2.24) is 0 Å². The zero-order chi connectivity index (χ0) is 22.6. The van der Waals surface area contributed by atoms with Crippen LogP contribution in [0.25, 0.3) is 0 Å². The van der Waals surface area contributed by atoms with E-state index in [-0.39, 0.29) is 0 Å². The fraction of sp³-hybridized carbons (Fsp3) is 0.833. The van der Waals surface area contributed by atoms with Gasteiger partial charge in [0.1, 0.15) is 5.78 Å². The molecule has 0 amide bonds. The van der Waals surface area contributed by atoms with Crippen LogP contribution in [0.4, 0.5) is 0 Å². The molecule has 0 aliphatic heterocycles. The third-order valence-electron chi connectivity index (χ3n) is 11.2. The highest BCUT2D eigenvalue weighted by Crippen LogP contribution is 2.75. The third-order valence-corrected chi connectivity index (χ3v) is 11.2. The van der Waals surface area contributed by atoms with Crippen molar-refractivity contribution in [3.05, 3.63) is 22.8 Å². The molecule has 0 aromatic carbocycles. The maximum absolute atomic E-state index is 12.4. The van der Waals surface area contributed by atoms with Gasteiger partial charge in [-0.1, -0.05) is 50.5 Å². The quantitative estimate of drug-likeness (QED) is 0.412. The van der Waals surface area contributed by atoms with Gasteiger partial charge in [0, 0.05) is 12.8 Å². The normalized spacial score (nSPS) is 43.9. The first-order valence-electron chi connectivity index (χ1n) is 13.4. The molecule has 1 heteroatoms.